The molecule has 0 unspecified atom stereocenters. The topological polar surface area (TPSA) is 128 Å². The van der Waals surface area contributed by atoms with Crippen LogP contribution in [0.4, 0.5) is 17.1 Å². The minimum Gasteiger partial charge on any atom is -0.456 e. The number of nitrogens with one attached hydrogen (secondary N) is 2. The van der Waals surface area contributed by atoms with Gasteiger partial charge in [0.2, 0.25) is 5.91 Å². The van der Waals surface area contributed by atoms with Crippen molar-refractivity contribution in [3.63, 3.8) is 0 Å². The predicted octanol–water partition coefficient (Wildman–Crippen LogP) is 3.54. The Morgan fingerprint density at radius 3 is 2.48 bits per heavy atom. The molecule has 2 rings (SSSR count). The number of carbonyl (C=O) groups is 3. The lowest BCUT2D eigenvalue weighted by Crippen LogP contribution is -2.21. The molecule has 0 aliphatic heterocycles. The molecule has 2 aromatic carbocycles. The number of amides is 2. The Labute approximate surface area is 171 Å². The molecule has 0 bridgehead atoms. The summed E-state index contributed by atoms with van der Waals surface area (Å²) in [5.41, 5.74) is 0.567. The molecule has 0 spiro atoms. The second kappa shape index (κ2) is 10.8. The van der Waals surface area contributed by atoms with E-state index in [0.717, 1.165) is 0 Å². The van der Waals surface area contributed by atoms with E-state index in [0.29, 0.717) is 16.4 Å². The highest BCUT2D eigenvalue weighted by molar-refractivity contribution is 6.33. The minimum atomic E-state index is -0.623. The zero-order valence-electron chi connectivity index (χ0n) is 15.2. The first-order chi connectivity index (χ1) is 13.8. The van der Waals surface area contributed by atoms with E-state index in [1.54, 1.807) is 24.3 Å². The fourth-order valence-corrected chi connectivity index (χ4v) is 2.46. The van der Waals surface area contributed by atoms with Gasteiger partial charge >= 0.3 is 5.97 Å². The molecule has 29 heavy (non-hydrogen) atoms. The number of benzene rings is 2. The van der Waals surface area contributed by atoms with Gasteiger partial charge in [0.25, 0.3) is 11.6 Å². The Hall–Kier alpha value is -3.46. The first-order valence-electron chi connectivity index (χ1n) is 8.59. The summed E-state index contributed by atoms with van der Waals surface area (Å²) < 4.78 is 4.86. The van der Waals surface area contributed by atoms with Gasteiger partial charge in [0.1, 0.15) is 0 Å². The van der Waals surface area contributed by atoms with Crippen LogP contribution in [-0.4, -0.2) is 29.3 Å². The Morgan fingerprint density at radius 2 is 1.76 bits per heavy atom. The predicted molar refractivity (Wildman–Crippen MR) is 107 cm³/mol. The van der Waals surface area contributed by atoms with E-state index >= 15 is 0 Å². The Bertz CT molecular complexity index is 918. The maximum Gasteiger partial charge on any atom is 0.306 e. The molecule has 0 aliphatic rings. The van der Waals surface area contributed by atoms with Crippen molar-refractivity contribution in [2.75, 3.05) is 17.2 Å². The number of nitrogens with zero attached hydrogens (tertiary/aromatic N) is 1. The van der Waals surface area contributed by atoms with E-state index < -0.39 is 29.3 Å². The second-order valence-corrected chi connectivity index (χ2v) is 6.31. The first-order valence-corrected chi connectivity index (χ1v) is 8.97. The van der Waals surface area contributed by atoms with Crippen molar-refractivity contribution in [3.8, 4) is 0 Å². The van der Waals surface area contributed by atoms with Gasteiger partial charge in [-0.1, -0.05) is 29.8 Å². The number of hydrogen-bond donors (Lipinski definition) is 2. The summed E-state index contributed by atoms with van der Waals surface area (Å²) in [4.78, 5) is 45.5. The Morgan fingerprint density at radius 1 is 1.00 bits per heavy atom. The fourth-order valence-electron chi connectivity index (χ4n) is 2.28. The molecule has 9 nitrogen and oxygen atoms in total. The summed E-state index contributed by atoms with van der Waals surface area (Å²) >= 11 is 5.92. The monoisotopic (exact) mass is 419 g/mol. The van der Waals surface area contributed by atoms with E-state index in [1.165, 1.54) is 24.3 Å². The summed E-state index contributed by atoms with van der Waals surface area (Å²) in [7, 11) is 0. The molecule has 0 atom stereocenters. The van der Waals surface area contributed by atoms with Gasteiger partial charge in [-0.15, -0.1) is 0 Å². The van der Waals surface area contributed by atoms with E-state index in [4.69, 9.17) is 16.3 Å². The number of nitro groups is 1. The molecule has 0 radical (unpaired) electrons. The molecule has 2 N–H and O–H groups in total. The van der Waals surface area contributed by atoms with Crippen molar-refractivity contribution >= 4 is 46.4 Å². The highest BCUT2D eigenvalue weighted by atomic mass is 35.5. The van der Waals surface area contributed by atoms with Crippen molar-refractivity contribution in [3.05, 3.63) is 63.7 Å². The molecule has 0 saturated heterocycles. The first kappa shape index (κ1) is 21.8. The molecule has 0 fully saturated rings. The van der Waals surface area contributed by atoms with Crippen LogP contribution in [0.15, 0.2) is 48.5 Å². The highest BCUT2D eigenvalue weighted by Gasteiger charge is 2.11. The zero-order chi connectivity index (χ0) is 21.2. The quantitative estimate of drug-likeness (QED) is 0.363. The number of ether oxygens (including phenoxy) is 1. The number of para-hydroxylation sites is 1. The minimum absolute atomic E-state index is 0.0175. The normalized spacial score (nSPS) is 10.1. The third-order valence-corrected chi connectivity index (χ3v) is 3.97. The lowest BCUT2D eigenvalue weighted by Gasteiger charge is -2.08. The second-order valence-electron chi connectivity index (χ2n) is 5.90. The number of carbonyl (C=O) groups excluding carboxylic acids is 3. The lowest BCUT2D eigenvalue weighted by atomic mass is 10.2. The van der Waals surface area contributed by atoms with Crippen LogP contribution in [0, 0.1) is 10.1 Å². The third-order valence-electron chi connectivity index (χ3n) is 3.64. The van der Waals surface area contributed by atoms with Crippen LogP contribution in [0.2, 0.25) is 5.02 Å². The van der Waals surface area contributed by atoms with Gasteiger partial charge in [0.05, 0.1) is 15.6 Å². The van der Waals surface area contributed by atoms with E-state index in [1.807, 2.05) is 0 Å². The van der Waals surface area contributed by atoms with Crippen LogP contribution in [0.3, 0.4) is 0 Å². The molecule has 0 aliphatic carbocycles. The average Bonchev–Trinajstić information content (AvgIpc) is 2.68. The number of hydrogen-bond acceptors (Lipinski definition) is 6. The fraction of sp³-hybridized carbons (Fsp3) is 0.211. The number of anilines is 2. The standard InChI is InChI=1S/C19H18ClN3O6/c20-15-7-1-2-8-16(15)22-18(25)12-29-19(26)10-4-9-17(24)21-13-5-3-6-14(11-13)23(27)28/h1-3,5-8,11H,4,9-10,12H2,(H,21,24)(H,22,25). The molecule has 10 heteroatoms. The van der Waals surface area contributed by atoms with Crippen molar-refractivity contribution in [2.24, 2.45) is 0 Å². The van der Waals surface area contributed by atoms with Crippen LogP contribution < -0.4 is 10.6 Å². The number of nitro benzene ring substituents is 1. The highest BCUT2D eigenvalue weighted by Crippen LogP contribution is 2.20. The maximum absolute atomic E-state index is 11.9. The lowest BCUT2D eigenvalue weighted by molar-refractivity contribution is -0.384. The summed E-state index contributed by atoms with van der Waals surface area (Å²) in [6, 6.07) is 12.2. The van der Waals surface area contributed by atoms with Crippen molar-refractivity contribution in [1.29, 1.82) is 0 Å². The van der Waals surface area contributed by atoms with Gasteiger partial charge in [-0.05, 0) is 24.6 Å². The van der Waals surface area contributed by atoms with Gasteiger partial charge < -0.3 is 15.4 Å². The van der Waals surface area contributed by atoms with Crippen molar-refractivity contribution in [1.82, 2.24) is 0 Å². The Kier molecular flexibility index (Phi) is 8.11. The Balaban J connectivity index is 1.67. The smallest absolute Gasteiger partial charge is 0.306 e. The molecular weight excluding hydrogens is 402 g/mol. The summed E-state index contributed by atoms with van der Waals surface area (Å²) in [5.74, 6) is -1.55. The molecule has 152 valence electrons. The van der Waals surface area contributed by atoms with E-state index in [-0.39, 0.29) is 24.9 Å². The molecular formula is C19H18ClN3O6. The van der Waals surface area contributed by atoms with Crippen LogP contribution in [0.1, 0.15) is 19.3 Å². The van der Waals surface area contributed by atoms with Gasteiger partial charge in [-0.2, -0.15) is 0 Å². The maximum atomic E-state index is 11.9. The summed E-state index contributed by atoms with van der Waals surface area (Å²) in [6.07, 6.45) is 0.164. The molecule has 0 heterocycles. The number of halogens is 1. The van der Waals surface area contributed by atoms with Crippen LogP contribution in [0.25, 0.3) is 0 Å². The third kappa shape index (κ3) is 7.59. The summed E-state index contributed by atoms with van der Waals surface area (Å²) in [6.45, 7) is -0.468. The number of esters is 1. The van der Waals surface area contributed by atoms with Crippen LogP contribution in [-0.2, 0) is 19.1 Å². The summed E-state index contributed by atoms with van der Waals surface area (Å²) in [5, 5.41) is 16.1. The van der Waals surface area contributed by atoms with Gasteiger partial charge in [-0.25, -0.2) is 0 Å². The zero-order valence-corrected chi connectivity index (χ0v) is 16.0. The van der Waals surface area contributed by atoms with Crippen molar-refractivity contribution in [2.45, 2.75) is 19.3 Å². The average molecular weight is 420 g/mol. The SMILES string of the molecule is O=C(CCCC(=O)OCC(=O)Nc1ccccc1Cl)Nc1cccc([N+](=O)[O-])c1. The van der Waals surface area contributed by atoms with Crippen molar-refractivity contribution < 1.29 is 24.0 Å². The van der Waals surface area contributed by atoms with Gasteiger partial charge in [0, 0.05) is 30.7 Å². The van der Waals surface area contributed by atoms with Gasteiger partial charge in [0.15, 0.2) is 6.61 Å². The number of rotatable bonds is 9. The number of non-ortho nitro benzene ring substituents is 1. The van der Waals surface area contributed by atoms with Gasteiger partial charge in [-0.3, -0.25) is 24.5 Å². The van der Waals surface area contributed by atoms with E-state index in [9.17, 15) is 24.5 Å². The van der Waals surface area contributed by atoms with Crippen LogP contribution in [0.5, 0.6) is 0 Å². The molecule has 0 aromatic heterocycles. The van der Waals surface area contributed by atoms with Crippen LogP contribution >= 0.6 is 11.6 Å². The molecule has 2 amide bonds. The molecule has 2 aromatic rings. The largest absolute Gasteiger partial charge is 0.456 e. The molecule has 0 saturated carbocycles. The van der Waals surface area contributed by atoms with E-state index in [2.05, 4.69) is 10.6 Å².